The van der Waals surface area contributed by atoms with Gasteiger partial charge in [0.2, 0.25) is 5.91 Å². The van der Waals surface area contributed by atoms with Gasteiger partial charge in [-0.05, 0) is 38.7 Å². The smallest absolute Gasteiger partial charge is 0.651 e. The van der Waals surface area contributed by atoms with Crippen molar-refractivity contribution in [3.05, 3.63) is 52.2 Å². The molecule has 0 aliphatic rings. The number of carbonyl (C=O) groups is 5. The summed E-state index contributed by atoms with van der Waals surface area (Å²) in [6.07, 6.45) is 4.82. The second-order valence-electron chi connectivity index (χ2n) is 9.42. The Kier molecular flexibility index (Phi) is 56.4. The Hall–Kier alpha value is 0.0804. The van der Waals surface area contributed by atoms with Gasteiger partial charge in [0.25, 0.3) is 0 Å². The zero-order valence-electron chi connectivity index (χ0n) is 25.6. The molecule has 1 aromatic carbocycles. The summed E-state index contributed by atoms with van der Waals surface area (Å²) in [5.74, 6) is -0.986. The van der Waals surface area contributed by atoms with Gasteiger partial charge in [0.15, 0.2) is 5.78 Å². The van der Waals surface area contributed by atoms with Gasteiger partial charge in [-0.2, -0.15) is 0 Å². The molecule has 0 aromatic heterocycles. The standard InChI is InChI=1S/C29H44N4O6.6CH4.2Rb/c1-21(23(3)34)8-5-6-14-31-27(36)9-7-16-39-17-15-32-28(37)20-29(38)33-25-12-10-24(11-13-25)19-26(35)18-22(2)30-4;;;;;;;;/h10-13,18,21H,5-9,14-17,19-20H2,1-4H3,(H4,30,31,32,33,35,36,37,38);6*1H4;;/q;;;;;;;2*+1/p-2. The molecule has 0 radical (unpaired) electrons. The Balaban J connectivity index is -0.000000317. The van der Waals surface area contributed by atoms with Crippen LogP contribution < -0.4 is 127 Å². The van der Waals surface area contributed by atoms with E-state index in [1.54, 1.807) is 45.2 Å². The van der Waals surface area contributed by atoms with Gasteiger partial charge in [0.05, 0.1) is 11.8 Å². The number of nitrogens with one attached hydrogen (secondary N) is 2. The number of rotatable bonds is 20. The van der Waals surface area contributed by atoms with Crippen molar-refractivity contribution in [2.24, 2.45) is 5.92 Å². The minimum Gasteiger partial charge on any atom is -0.651 e. The van der Waals surface area contributed by atoms with Crippen molar-refractivity contribution < 1.29 is 145 Å². The number of nitrogens with zero attached hydrogens (tertiary/aromatic N) is 2. The van der Waals surface area contributed by atoms with Crippen LogP contribution in [-0.4, -0.2) is 62.6 Å². The number of hydrogen-bond donors (Lipinski definition) is 2. The van der Waals surface area contributed by atoms with E-state index >= 15 is 0 Å². The quantitative estimate of drug-likeness (QED) is 0.116. The van der Waals surface area contributed by atoms with Crippen LogP contribution in [0.3, 0.4) is 0 Å². The molecule has 1 rings (SSSR count). The number of ether oxygens (including phenoxy) is 1. The molecule has 264 valence electrons. The molecule has 10 nitrogen and oxygen atoms in total. The van der Waals surface area contributed by atoms with Crippen LogP contribution in [0, 0.1) is 5.92 Å². The van der Waals surface area contributed by atoms with Gasteiger partial charge in [0.1, 0.15) is 5.78 Å². The Labute approximate surface area is 386 Å². The molecule has 0 heterocycles. The number of amides is 3. The Morgan fingerprint density at radius 2 is 1.45 bits per heavy atom. The first-order valence-corrected chi connectivity index (χ1v) is 13.4. The average Bonchev–Trinajstić information content (AvgIpc) is 2.88. The van der Waals surface area contributed by atoms with Gasteiger partial charge in [0, 0.05) is 63.8 Å². The molecule has 12 heteroatoms. The summed E-state index contributed by atoms with van der Waals surface area (Å²) in [7, 11) is 1.74. The minimum atomic E-state index is -0.597. The van der Waals surface area contributed by atoms with Crippen LogP contribution in [-0.2, 0) is 35.1 Å². The van der Waals surface area contributed by atoms with Crippen molar-refractivity contribution in [1.82, 2.24) is 10.6 Å². The SMILES string of the molecule is C.C.C.C.C.C.CN/C(C)=C\C(=O)Cc1ccc([N-]C(=O)CC(=O)[N-]CCOCCCC(=O)NCCCCC(C)C(C)=O)cc1.[Rb+].[Rb+]. The van der Waals surface area contributed by atoms with E-state index in [1.807, 2.05) is 6.92 Å². The third-order valence-corrected chi connectivity index (χ3v) is 5.94. The zero-order valence-corrected chi connectivity index (χ0v) is 35.4. The van der Waals surface area contributed by atoms with Gasteiger partial charge in [-0.15, -0.1) is 12.2 Å². The van der Waals surface area contributed by atoms with Crippen molar-refractivity contribution in [3.8, 4) is 0 Å². The molecular weight excluding hydrogens is 743 g/mol. The van der Waals surface area contributed by atoms with Gasteiger partial charge < -0.3 is 35.6 Å². The number of hydrogen-bond acceptors (Lipinski definition) is 7. The predicted molar refractivity (Wildman–Crippen MR) is 191 cm³/mol. The molecule has 3 amide bonds. The normalized spacial score (nSPS) is 9.83. The molecule has 1 atom stereocenters. The average molecular weight is 810 g/mol. The number of benzene rings is 1. The fourth-order valence-electron chi connectivity index (χ4n) is 3.39. The van der Waals surface area contributed by atoms with Gasteiger partial charge in [-0.1, -0.05) is 82.2 Å². The van der Waals surface area contributed by atoms with E-state index in [4.69, 9.17) is 4.74 Å². The van der Waals surface area contributed by atoms with Crippen LogP contribution in [0.5, 0.6) is 0 Å². The van der Waals surface area contributed by atoms with E-state index < -0.39 is 18.2 Å². The summed E-state index contributed by atoms with van der Waals surface area (Å²) in [6, 6.07) is 6.70. The number of ketones is 2. The van der Waals surface area contributed by atoms with E-state index in [0.29, 0.717) is 31.7 Å². The zero-order chi connectivity index (χ0) is 29.0. The van der Waals surface area contributed by atoms with Crippen molar-refractivity contribution in [1.29, 1.82) is 0 Å². The van der Waals surface area contributed by atoms with E-state index in [-0.39, 0.29) is 204 Å². The molecule has 0 saturated carbocycles. The maximum absolute atomic E-state index is 12.0. The maximum atomic E-state index is 12.0. The summed E-state index contributed by atoms with van der Waals surface area (Å²) >= 11 is 0. The van der Waals surface area contributed by atoms with E-state index in [0.717, 1.165) is 30.5 Å². The monoisotopic (exact) mass is 808 g/mol. The molecule has 0 spiro atoms. The largest absolute Gasteiger partial charge is 1.00 e. The summed E-state index contributed by atoms with van der Waals surface area (Å²) in [5, 5.41) is 13.5. The van der Waals surface area contributed by atoms with E-state index in [1.165, 1.54) is 6.08 Å². The third-order valence-electron chi connectivity index (χ3n) is 5.94. The van der Waals surface area contributed by atoms with E-state index in [9.17, 15) is 24.0 Å². The van der Waals surface area contributed by atoms with Crippen molar-refractivity contribution in [3.63, 3.8) is 0 Å². The molecule has 0 aliphatic heterocycles. The number of carbonyl (C=O) groups excluding carboxylic acids is 5. The maximum Gasteiger partial charge on any atom is 1.00 e. The fourth-order valence-corrected chi connectivity index (χ4v) is 3.39. The molecule has 1 unspecified atom stereocenters. The Morgan fingerprint density at radius 1 is 0.851 bits per heavy atom. The van der Waals surface area contributed by atoms with Crippen LogP contribution in [0.1, 0.15) is 109 Å². The summed E-state index contributed by atoms with van der Waals surface area (Å²) < 4.78 is 5.40. The summed E-state index contributed by atoms with van der Waals surface area (Å²) in [6.45, 7) is 6.63. The minimum absolute atomic E-state index is 0. The first kappa shape index (κ1) is 65.5. The summed E-state index contributed by atoms with van der Waals surface area (Å²) in [5.41, 5.74) is 1.98. The fraction of sp³-hybridized carbons (Fsp3) is 0.629. The molecule has 1 aromatic rings. The molecule has 2 N–H and O–H groups in total. The number of Topliss-reactive ketones (excluding diaryl/α,β-unsaturated/α-hetero) is 1. The molecule has 0 aliphatic carbocycles. The van der Waals surface area contributed by atoms with Crippen LogP contribution in [0.4, 0.5) is 5.69 Å². The second-order valence-corrected chi connectivity index (χ2v) is 9.42. The molecule has 47 heavy (non-hydrogen) atoms. The first-order valence-electron chi connectivity index (χ1n) is 13.4. The first-order chi connectivity index (χ1) is 18.6. The number of allylic oxidation sites excluding steroid dienone is 2. The van der Waals surface area contributed by atoms with Gasteiger partial charge >= 0.3 is 116 Å². The van der Waals surface area contributed by atoms with Crippen molar-refractivity contribution >= 4 is 35.0 Å². The van der Waals surface area contributed by atoms with Crippen molar-refractivity contribution in [2.75, 3.05) is 33.4 Å². The van der Waals surface area contributed by atoms with Crippen LogP contribution >= 0.6 is 0 Å². The third kappa shape index (κ3) is 35.7. The van der Waals surface area contributed by atoms with Crippen LogP contribution in [0.15, 0.2) is 36.0 Å². The predicted octanol–water partition coefficient (Wildman–Crippen LogP) is 1.88. The van der Waals surface area contributed by atoms with Crippen molar-refractivity contribution in [2.45, 2.75) is 110 Å². The summed E-state index contributed by atoms with van der Waals surface area (Å²) in [4.78, 5) is 58.9. The molecule has 0 saturated heterocycles. The second kappa shape index (κ2) is 40.5. The van der Waals surface area contributed by atoms with Gasteiger partial charge in [-0.25, -0.2) is 0 Å². The Morgan fingerprint density at radius 3 is 2.00 bits per heavy atom. The Bertz CT molecular complexity index is 989. The molecule has 0 fully saturated rings. The van der Waals surface area contributed by atoms with Crippen LogP contribution in [0.25, 0.3) is 10.6 Å². The van der Waals surface area contributed by atoms with Gasteiger partial charge in [-0.3, -0.25) is 14.4 Å². The molecule has 0 bridgehead atoms. The number of unbranched alkanes of at least 4 members (excludes halogenated alkanes) is 1. The van der Waals surface area contributed by atoms with E-state index in [2.05, 4.69) is 21.3 Å². The van der Waals surface area contributed by atoms with Crippen LogP contribution in [0.2, 0.25) is 0 Å². The topological polar surface area (TPSA) is 147 Å². The molecular formula is C35H66N4O6Rb2.